The first-order valence-corrected chi connectivity index (χ1v) is 7.73. The highest BCUT2D eigenvalue weighted by Crippen LogP contribution is 2.28. The minimum absolute atomic E-state index is 0.699. The smallest absolute Gasteiger partial charge is 0.00357 e. The third-order valence-electron chi connectivity index (χ3n) is 3.50. The molecule has 90 valence electrons. The molecule has 1 atom stereocenters. The molecule has 1 fully saturated rings. The molecule has 1 aliphatic carbocycles. The molecule has 0 aliphatic heterocycles. The van der Waals surface area contributed by atoms with Gasteiger partial charge < -0.3 is 5.32 Å². The molecule has 1 aliphatic rings. The Labute approximate surface area is 99.8 Å². The number of rotatable bonds is 8. The van der Waals surface area contributed by atoms with E-state index >= 15 is 0 Å². The number of unbranched alkanes of at least 4 members (excludes halogenated alkanes) is 1. The van der Waals surface area contributed by atoms with Gasteiger partial charge in [-0.15, -0.1) is 0 Å². The molecule has 0 aromatic carbocycles. The fraction of sp³-hybridized carbons (Fsp3) is 1.00. The highest BCUT2D eigenvalue weighted by molar-refractivity contribution is 7.99. The van der Waals surface area contributed by atoms with Crippen LogP contribution in [-0.4, -0.2) is 24.6 Å². The van der Waals surface area contributed by atoms with Crippen LogP contribution < -0.4 is 5.32 Å². The van der Waals surface area contributed by atoms with Gasteiger partial charge in [-0.05, 0) is 57.1 Å². The van der Waals surface area contributed by atoms with E-state index in [4.69, 9.17) is 0 Å². The van der Waals surface area contributed by atoms with Crippen molar-refractivity contribution in [2.45, 2.75) is 57.9 Å². The monoisotopic (exact) mass is 229 g/mol. The first-order chi connectivity index (χ1) is 7.33. The van der Waals surface area contributed by atoms with Gasteiger partial charge in [0.25, 0.3) is 0 Å². The van der Waals surface area contributed by atoms with Crippen molar-refractivity contribution in [1.29, 1.82) is 0 Å². The van der Waals surface area contributed by atoms with Crippen LogP contribution in [0.1, 0.15) is 51.9 Å². The van der Waals surface area contributed by atoms with Gasteiger partial charge in [0.2, 0.25) is 0 Å². The van der Waals surface area contributed by atoms with E-state index in [0.717, 1.165) is 5.92 Å². The second-order valence-corrected chi connectivity index (χ2v) is 6.06. The van der Waals surface area contributed by atoms with Crippen molar-refractivity contribution in [3.63, 3.8) is 0 Å². The average molecular weight is 229 g/mol. The summed E-state index contributed by atoms with van der Waals surface area (Å²) in [5, 5.41) is 3.29. The summed E-state index contributed by atoms with van der Waals surface area (Å²) in [6, 6.07) is 0.699. The quantitative estimate of drug-likeness (QED) is 0.637. The molecule has 0 bridgehead atoms. The van der Waals surface area contributed by atoms with Crippen molar-refractivity contribution in [2.75, 3.05) is 18.6 Å². The van der Waals surface area contributed by atoms with Gasteiger partial charge in [-0.2, -0.15) is 11.8 Å². The number of nitrogens with one attached hydrogen (secondary N) is 1. The van der Waals surface area contributed by atoms with Gasteiger partial charge in [0.05, 0.1) is 0 Å². The Bertz CT molecular complexity index is 143. The fourth-order valence-corrected chi connectivity index (χ4v) is 3.47. The Morgan fingerprint density at radius 1 is 1.27 bits per heavy atom. The molecule has 1 nitrogen and oxygen atoms in total. The van der Waals surface area contributed by atoms with Crippen LogP contribution in [0.15, 0.2) is 0 Å². The highest BCUT2D eigenvalue weighted by Gasteiger charge is 2.14. The van der Waals surface area contributed by atoms with Crippen LogP contribution in [0.25, 0.3) is 0 Å². The molecule has 0 radical (unpaired) electrons. The van der Waals surface area contributed by atoms with Crippen molar-refractivity contribution in [1.82, 2.24) is 5.32 Å². The summed E-state index contributed by atoms with van der Waals surface area (Å²) in [5.41, 5.74) is 0. The molecule has 1 N–H and O–H groups in total. The van der Waals surface area contributed by atoms with Crippen molar-refractivity contribution < 1.29 is 0 Å². The van der Waals surface area contributed by atoms with Gasteiger partial charge in [-0.1, -0.05) is 19.3 Å². The van der Waals surface area contributed by atoms with Gasteiger partial charge in [0.15, 0.2) is 0 Å². The van der Waals surface area contributed by atoms with Gasteiger partial charge in [0.1, 0.15) is 0 Å². The lowest BCUT2D eigenvalue weighted by molar-refractivity contribution is 0.538. The molecule has 0 amide bonds. The number of thioether (sulfide) groups is 1. The first-order valence-electron chi connectivity index (χ1n) is 6.58. The third-order valence-corrected chi connectivity index (χ3v) is 4.78. The van der Waals surface area contributed by atoms with Crippen LogP contribution in [0, 0.1) is 5.92 Å². The molecular formula is C13H27NS. The third kappa shape index (κ3) is 6.47. The SMILES string of the molecule is CNC(C)CCCCSCC1CCCC1. The van der Waals surface area contributed by atoms with Crippen LogP contribution in [0.2, 0.25) is 0 Å². The van der Waals surface area contributed by atoms with E-state index in [2.05, 4.69) is 31.1 Å². The lowest BCUT2D eigenvalue weighted by atomic mass is 10.1. The van der Waals surface area contributed by atoms with E-state index < -0.39 is 0 Å². The summed E-state index contributed by atoms with van der Waals surface area (Å²) in [6.07, 6.45) is 10.1. The Balaban J connectivity index is 1.80. The van der Waals surface area contributed by atoms with E-state index in [1.165, 1.54) is 56.5 Å². The Morgan fingerprint density at radius 3 is 2.67 bits per heavy atom. The highest BCUT2D eigenvalue weighted by atomic mass is 32.2. The van der Waals surface area contributed by atoms with Gasteiger partial charge in [-0.25, -0.2) is 0 Å². The van der Waals surface area contributed by atoms with Crippen molar-refractivity contribution >= 4 is 11.8 Å². The zero-order valence-electron chi connectivity index (χ0n) is 10.4. The van der Waals surface area contributed by atoms with Crippen LogP contribution >= 0.6 is 11.8 Å². The second-order valence-electron chi connectivity index (χ2n) is 4.91. The van der Waals surface area contributed by atoms with Crippen LogP contribution in [0.3, 0.4) is 0 Å². The molecule has 15 heavy (non-hydrogen) atoms. The molecule has 2 heteroatoms. The topological polar surface area (TPSA) is 12.0 Å². The second kappa shape index (κ2) is 8.46. The van der Waals surface area contributed by atoms with E-state index in [1.807, 2.05) is 0 Å². The Hall–Kier alpha value is 0.310. The maximum absolute atomic E-state index is 3.29. The van der Waals surface area contributed by atoms with E-state index in [1.54, 1.807) is 0 Å². The lowest BCUT2D eigenvalue weighted by Crippen LogP contribution is -2.20. The minimum Gasteiger partial charge on any atom is -0.317 e. The predicted molar refractivity (Wildman–Crippen MR) is 71.7 cm³/mol. The normalized spacial score (nSPS) is 19.6. The van der Waals surface area contributed by atoms with Crippen molar-refractivity contribution in [2.24, 2.45) is 5.92 Å². The molecule has 1 saturated carbocycles. The molecule has 0 aromatic heterocycles. The molecule has 0 aromatic rings. The van der Waals surface area contributed by atoms with Crippen molar-refractivity contribution in [3.05, 3.63) is 0 Å². The van der Waals surface area contributed by atoms with E-state index in [9.17, 15) is 0 Å². The largest absolute Gasteiger partial charge is 0.317 e. The summed E-state index contributed by atoms with van der Waals surface area (Å²) < 4.78 is 0. The summed E-state index contributed by atoms with van der Waals surface area (Å²) in [4.78, 5) is 0. The molecule has 0 spiro atoms. The summed E-state index contributed by atoms with van der Waals surface area (Å²) in [7, 11) is 2.06. The zero-order valence-corrected chi connectivity index (χ0v) is 11.2. The first kappa shape index (κ1) is 13.4. The van der Waals surface area contributed by atoms with Crippen LogP contribution in [-0.2, 0) is 0 Å². The standard InChI is InChI=1S/C13H27NS/c1-12(14-2)7-5-6-10-15-11-13-8-3-4-9-13/h12-14H,3-11H2,1-2H3. The Morgan fingerprint density at radius 2 is 2.00 bits per heavy atom. The predicted octanol–water partition coefficient (Wildman–Crippen LogP) is 3.69. The van der Waals surface area contributed by atoms with Crippen LogP contribution in [0.4, 0.5) is 0 Å². The van der Waals surface area contributed by atoms with Gasteiger partial charge in [-0.3, -0.25) is 0 Å². The van der Waals surface area contributed by atoms with E-state index in [0.29, 0.717) is 6.04 Å². The summed E-state index contributed by atoms with van der Waals surface area (Å²) >= 11 is 2.19. The Kier molecular flexibility index (Phi) is 7.54. The number of hydrogen-bond donors (Lipinski definition) is 1. The molecule has 0 heterocycles. The maximum Gasteiger partial charge on any atom is 0.00357 e. The zero-order chi connectivity index (χ0) is 10.9. The molecule has 0 saturated heterocycles. The van der Waals surface area contributed by atoms with Crippen molar-refractivity contribution in [3.8, 4) is 0 Å². The van der Waals surface area contributed by atoms with Gasteiger partial charge >= 0.3 is 0 Å². The van der Waals surface area contributed by atoms with Gasteiger partial charge in [0, 0.05) is 6.04 Å². The molecule has 1 unspecified atom stereocenters. The minimum atomic E-state index is 0.699. The van der Waals surface area contributed by atoms with E-state index in [-0.39, 0.29) is 0 Å². The summed E-state index contributed by atoms with van der Waals surface area (Å²) in [5.74, 6) is 3.88. The molecular weight excluding hydrogens is 202 g/mol. The fourth-order valence-electron chi connectivity index (χ4n) is 2.23. The molecule has 1 rings (SSSR count). The lowest BCUT2D eigenvalue weighted by Gasteiger charge is -2.10. The number of hydrogen-bond acceptors (Lipinski definition) is 2. The van der Waals surface area contributed by atoms with Crippen LogP contribution in [0.5, 0.6) is 0 Å². The average Bonchev–Trinajstić information content (AvgIpc) is 2.75. The summed E-state index contributed by atoms with van der Waals surface area (Å²) in [6.45, 7) is 2.27. The maximum atomic E-state index is 3.29.